The Morgan fingerprint density at radius 2 is 1.60 bits per heavy atom. The van der Waals surface area contributed by atoms with Gasteiger partial charge in [0, 0.05) is 19.6 Å². The topological polar surface area (TPSA) is 114 Å². The Hall–Kier alpha value is -3.39. The van der Waals surface area contributed by atoms with Gasteiger partial charge in [0.15, 0.2) is 0 Å². The number of ether oxygens (including phenoxy) is 2. The summed E-state index contributed by atoms with van der Waals surface area (Å²) in [4.78, 5) is 37.3. The molecule has 2 amide bonds. The van der Waals surface area contributed by atoms with Gasteiger partial charge in [-0.1, -0.05) is 67.8 Å². The predicted molar refractivity (Wildman–Crippen MR) is 130 cm³/mol. The first-order valence-corrected chi connectivity index (χ1v) is 12.1. The van der Waals surface area contributed by atoms with Crippen LogP contribution in [0.25, 0.3) is 11.1 Å². The molecule has 8 nitrogen and oxygen atoms in total. The fraction of sp³-hybridized carbons (Fsp3) is 0.444. The van der Waals surface area contributed by atoms with Crippen LogP contribution in [-0.2, 0) is 19.1 Å². The Kier molecular flexibility index (Phi) is 7.70. The summed E-state index contributed by atoms with van der Waals surface area (Å²) in [5.74, 6) is -1.48. The van der Waals surface area contributed by atoms with Crippen molar-refractivity contribution in [3.63, 3.8) is 0 Å². The Labute approximate surface area is 205 Å². The maximum Gasteiger partial charge on any atom is 0.407 e. The second kappa shape index (κ2) is 10.9. The van der Waals surface area contributed by atoms with Crippen LogP contribution in [0, 0.1) is 5.41 Å². The lowest BCUT2D eigenvalue weighted by Gasteiger charge is -2.33. The molecule has 1 unspecified atom stereocenters. The smallest absolute Gasteiger partial charge is 0.407 e. The number of benzene rings is 2. The van der Waals surface area contributed by atoms with E-state index in [2.05, 4.69) is 22.8 Å². The van der Waals surface area contributed by atoms with Crippen LogP contribution in [0.1, 0.15) is 49.1 Å². The number of carboxylic acid groups (broad SMARTS) is 1. The summed E-state index contributed by atoms with van der Waals surface area (Å²) in [5, 5.41) is 15.0. The van der Waals surface area contributed by atoms with E-state index in [0.29, 0.717) is 12.8 Å². The van der Waals surface area contributed by atoms with E-state index in [0.717, 1.165) is 41.5 Å². The monoisotopic (exact) mass is 480 g/mol. The molecule has 1 saturated carbocycles. The summed E-state index contributed by atoms with van der Waals surface area (Å²) in [6.45, 7) is 0.0904. The van der Waals surface area contributed by atoms with Crippen LogP contribution in [0.3, 0.4) is 0 Å². The standard InChI is InChI=1S/C27H32N2O6/c1-34-16-23(24(30)28-17-27(25(31)32)13-7-2-8-14-27)29-26(33)35-15-22-20-11-5-3-9-18(20)19-10-4-6-12-21(19)22/h3-6,9-12,22-23H,2,7-8,13-17H2,1H3,(H,28,30)(H,29,33)(H,31,32). The summed E-state index contributed by atoms with van der Waals surface area (Å²) >= 11 is 0. The maximum atomic E-state index is 12.8. The molecule has 8 heteroatoms. The number of alkyl carbamates (subject to hydrolysis) is 1. The second-order valence-electron chi connectivity index (χ2n) is 9.34. The largest absolute Gasteiger partial charge is 0.481 e. The number of aliphatic carboxylic acids is 1. The molecule has 35 heavy (non-hydrogen) atoms. The lowest BCUT2D eigenvalue weighted by atomic mass is 9.74. The van der Waals surface area contributed by atoms with Crippen LogP contribution in [-0.4, -0.2) is 56.0 Å². The van der Waals surface area contributed by atoms with Crippen LogP contribution in [0.5, 0.6) is 0 Å². The van der Waals surface area contributed by atoms with Gasteiger partial charge < -0.3 is 25.2 Å². The van der Waals surface area contributed by atoms with Crippen LogP contribution in [0.4, 0.5) is 4.79 Å². The van der Waals surface area contributed by atoms with Gasteiger partial charge in [0.05, 0.1) is 12.0 Å². The van der Waals surface area contributed by atoms with E-state index in [1.807, 2.05) is 36.4 Å². The van der Waals surface area contributed by atoms with Gasteiger partial charge >= 0.3 is 12.1 Å². The molecule has 2 aliphatic rings. The summed E-state index contributed by atoms with van der Waals surface area (Å²) in [5.41, 5.74) is 3.49. The number of amides is 2. The fourth-order valence-electron chi connectivity index (χ4n) is 5.21. The molecule has 3 N–H and O–H groups in total. The zero-order valence-corrected chi connectivity index (χ0v) is 19.9. The highest BCUT2D eigenvalue weighted by Gasteiger charge is 2.40. The highest BCUT2D eigenvalue weighted by molar-refractivity contribution is 5.86. The van der Waals surface area contributed by atoms with Gasteiger partial charge in [-0.2, -0.15) is 0 Å². The first-order valence-electron chi connectivity index (χ1n) is 12.1. The van der Waals surface area contributed by atoms with Crippen molar-refractivity contribution in [2.24, 2.45) is 5.41 Å². The molecule has 186 valence electrons. The zero-order valence-electron chi connectivity index (χ0n) is 19.9. The van der Waals surface area contributed by atoms with Crippen LogP contribution >= 0.6 is 0 Å². The highest BCUT2D eigenvalue weighted by atomic mass is 16.5. The van der Waals surface area contributed by atoms with Gasteiger partial charge in [0.25, 0.3) is 0 Å². The van der Waals surface area contributed by atoms with Gasteiger partial charge in [-0.25, -0.2) is 4.79 Å². The van der Waals surface area contributed by atoms with E-state index in [-0.39, 0.29) is 25.7 Å². The average Bonchev–Trinajstić information content (AvgIpc) is 3.20. The number of carbonyl (C=O) groups excluding carboxylic acids is 2. The summed E-state index contributed by atoms with van der Waals surface area (Å²) in [6, 6.07) is 15.1. The highest BCUT2D eigenvalue weighted by Crippen LogP contribution is 2.44. The quantitative estimate of drug-likeness (QED) is 0.504. The molecular weight excluding hydrogens is 448 g/mol. The zero-order chi connectivity index (χ0) is 24.8. The molecule has 0 aromatic heterocycles. The molecule has 0 saturated heterocycles. The SMILES string of the molecule is COCC(NC(=O)OCC1c2ccccc2-c2ccccc21)C(=O)NCC1(C(=O)O)CCCCC1. The number of carbonyl (C=O) groups is 3. The molecule has 4 rings (SSSR count). The third kappa shape index (κ3) is 5.32. The van der Waals surface area contributed by atoms with Crippen molar-refractivity contribution >= 4 is 18.0 Å². The molecule has 1 fully saturated rings. The molecular formula is C27H32N2O6. The van der Waals surface area contributed by atoms with Crippen molar-refractivity contribution in [2.45, 2.75) is 44.1 Å². The fourth-order valence-corrected chi connectivity index (χ4v) is 5.21. The minimum absolute atomic E-state index is 0.0216. The van der Waals surface area contributed by atoms with Crippen molar-refractivity contribution in [1.29, 1.82) is 0 Å². The number of hydrogen-bond donors (Lipinski definition) is 3. The Morgan fingerprint density at radius 1 is 1.00 bits per heavy atom. The Bertz CT molecular complexity index is 1030. The number of fused-ring (bicyclic) bond motifs is 3. The number of hydrogen-bond acceptors (Lipinski definition) is 5. The minimum atomic E-state index is -0.995. The van der Waals surface area contributed by atoms with Gasteiger partial charge in [-0.05, 0) is 35.1 Å². The Morgan fingerprint density at radius 3 is 2.17 bits per heavy atom. The number of nitrogens with one attached hydrogen (secondary N) is 2. The third-order valence-corrected chi connectivity index (χ3v) is 7.15. The molecule has 2 aromatic carbocycles. The molecule has 2 aliphatic carbocycles. The van der Waals surface area contributed by atoms with Gasteiger partial charge in [-0.15, -0.1) is 0 Å². The van der Waals surface area contributed by atoms with Crippen molar-refractivity contribution < 1.29 is 29.0 Å². The van der Waals surface area contributed by atoms with E-state index < -0.39 is 29.4 Å². The average molecular weight is 481 g/mol. The number of rotatable bonds is 9. The first kappa shape index (κ1) is 24.7. The van der Waals surface area contributed by atoms with Crippen LogP contribution in [0.2, 0.25) is 0 Å². The van der Waals surface area contributed by atoms with Gasteiger partial charge in [0.1, 0.15) is 12.6 Å². The molecule has 2 aromatic rings. The van der Waals surface area contributed by atoms with Crippen molar-refractivity contribution in [3.8, 4) is 11.1 Å². The van der Waals surface area contributed by atoms with E-state index in [4.69, 9.17) is 9.47 Å². The third-order valence-electron chi connectivity index (χ3n) is 7.15. The van der Waals surface area contributed by atoms with E-state index >= 15 is 0 Å². The number of carboxylic acids is 1. The van der Waals surface area contributed by atoms with Gasteiger partial charge in [0.2, 0.25) is 5.91 Å². The molecule has 0 radical (unpaired) electrons. The normalized spacial score (nSPS) is 17.1. The van der Waals surface area contributed by atoms with Crippen molar-refractivity contribution in [1.82, 2.24) is 10.6 Å². The number of methoxy groups -OCH3 is 1. The first-order chi connectivity index (χ1) is 16.9. The Balaban J connectivity index is 1.36. The van der Waals surface area contributed by atoms with Crippen molar-refractivity contribution in [3.05, 3.63) is 59.7 Å². The maximum absolute atomic E-state index is 12.8. The molecule has 1 atom stereocenters. The summed E-state index contributed by atoms with van der Waals surface area (Å²) in [7, 11) is 1.43. The van der Waals surface area contributed by atoms with E-state index in [1.165, 1.54) is 7.11 Å². The minimum Gasteiger partial charge on any atom is -0.481 e. The van der Waals surface area contributed by atoms with E-state index in [1.54, 1.807) is 0 Å². The van der Waals surface area contributed by atoms with E-state index in [9.17, 15) is 19.5 Å². The van der Waals surface area contributed by atoms with Crippen molar-refractivity contribution in [2.75, 3.05) is 26.9 Å². The molecule has 0 bridgehead atoms. The lowest BCUT2D eigenvalue weighted by molar-refractivity contribution is -0.151. The molecule has 0 heterocycles. The summed E-state index contributed by atoms with van der Waals surface area (Å²) in [6.07, 6.45) is 2.96. The molecule has 0 aliphatic heterocycles. The second-order valence-corrected chi connectivity index (χ2v) is 9.34. The predicted octanol–water partition coefficient (Wildman–Crippen LogP) is 3.69. The van der Waals surface area contributed by atoms with Gasteiger partial charge in [-0.3, -0.25) is 9.59 Å². The lowest BCUT2D eigenvalue weighted by Crippen LogP contribution is -2.53. The van der Waals surface area contributed by atoms with Crippen LogP contribution in [0.15, 0.2) is 48.5 Å². The van der Waals surface area contributed by atoms with Crippen LogP contribution < -0.4 is 10.6 Å². The summed E-state index contributed by atoms with van der Waals surface area (Å²) < 4.78 is 10.7. The molecule has 0 spiro atoms.